The van der Waals surface area contributed by atoms with E-state index < -0.39 is 9.84 Å². The molecule has 2 fully saturated rings. The molecule has 1 saturated heterocycles. The Hall–Kier alpha value is -0.600. The molecule has 0 radical (unpaired) electrons. The first-order valence-electron chi connectivity index (χ1n) is 8.00. The second kappa shape index (κ2) is 5.89. The van der Waals surface area contributed by atoms with Gasteiger partial charge in [-0.15, -0.1) is 0 Å². The molecule has 120 valence electrons. The molecule has 0 spiro atoms. The van der Waals surface area contributed by atoms with E-state index in [2.05, 4.69) is 31.7 Å². The Kier molecular flexibility index (Phi) is 4.70. The van der Waals surface area contributed by atoms with E-state index in [1.54, 1.807) is 0 Å². The van der Waals surface area contributed by atoms with Crippen molar-refractivity contribution in [3.8, 4) is 6.07 Å². The zero-order valence-corrected chi connectivity index (χ0v) is 14.5. The monoisotopic (exact) mass is 312 g/mol. The smallest absolute Gasteiger partial charge is 0.153 e. The summed E-state index contributed by atoms with van der Waals surface area (Å²) in [7, 11) is -2.89. The van der Waals surface area contributed by atoms with Crippen molar-refractivity contribution in [1.82, 2.24) is 4.90 Å². The molecule has 0 aromatic carbocycles. The van der Waals surface area contributed by atoms with Gasteiger partial charge in [-0.1, -0.05) is 20.8 Å². The van der Waals surface area contributed by atoms with Gasteiger partial charge in [0.2, 0.25) is 0 Å². The summed E-state index contributed by atoms with van der Waals surface area (Å²) in [5, 5.41) is 9.48. The molecule has 0 bridgehead atoms. The Labute approximate surface area is 129 Å². The van der Waals surface area contributed by atoms with Crippen LogP contribution in [0, 0.1) is 28.6 Å². The van der Waals surface area contributed by atoms with E-state index in [1.807, 2.05) is 6.92 Å². The van der Waals surface area contributed by atoms with E-state index >= 15 is 0 Å². The summed E-state index contributed by atoms with van der Waals surface area (Å²) in [6.07, 6.45) is 3.07. The third-order valence-electron chi connectivity index (χ3n) is 5.35. The van der Waals surface area contributed by atoms with Crippen molar-refractivity contribution < 1.29 is 8.42 Å². The standard InChI is InChI=1S/C16H28N2O2S/c1-12-11-21(19,20)8-7-18(12)15-9-14(16(2,3)4)6-5-13(15)10-17/h12-15H,5-9,11H2,1-4H3. The molecule has 4 unspecified atom stereocenters. The third-order valence-corrected chi connectivity index (χ3v) is 7.15. The molecule has 5 heteroatoms. The van der Waals surface area contributed by atoms with E-state index in [4.69, 9.17) is 0 Å². The second-order valence-electron chi connectivity index (χ2n) is 7.88. The van der Waals surface area contributed by atoms with E-state index in [9.17, 15) is 13.7 Å². The number of nitriles is 1. The third kappa shape index (κ3) is 3.78. The molecule has 1 aliphatic carbocycles. The molecule has 0 amide bonds. The maximum Gasteiger partial charge on any atom is 0.153 e. The SMILES string of the molecule is CC1CS(=O)(=O)CCN1C1CC(C(C)(C)C)CCC1C#N. The van der Waals surface area contributed by atoms with Crippen LogP contribution in [0.4, 0.5) is 0 Å². The Morgan fingerprint density at radius 3 is 2.43 bits per heavy atom. The van der Waals surface area contributed by atoms with Gasteiger partial charge in [0.05, 0.1) is 23.5 Å². The van der Waals surface area contributed by atoms with Crippen LogP contribution in [0.15, 0.2) is 0 Å². The van der Waals surface area contributed by atoms with Gasteiger partial charge in [0, 0.05) is 18.6 Å². The van der Waals surface area contributed by atoms with E-state index in [1.165, 1.54) is 0 Å². The highest BCUT2D eigenvalue weighted by atomic mass is 32.2. The highest BCUT2D eigenvalue weighted by Crippen LogP contribution is 2.42. The maximum absolute atomic E-state index is 11.8. The van der Waals surface area contributed by atoms with Crippen molar-refractivity contribution in [1.29, 1.82) is 5.26 Å². The maximum atomic E-state index is 11.8. The van der Waals surface area contributed by atoms with Crippen LogP contribution < -0.4 is 0 Å². The number of hydrogen-bond donors (Lipinski definition) is 0. The molecule has 4 nitrogen and oxygen atoms in total. The Morgan fingerprint density at radius 2 is 1.90 bits per heavy atom. The molecule has 1 aliphatic heterocycles. The lowest BCUT2D eigenvalue weighted by atomic mass is 9.67. The summed E-state index contributed by atoms with van der Waals surface area (Å²) in [4.78, 5) is 2.30. The molecule has 4 atom stereocenters. The minimum atomic E-state index is -2.89. The van der Waals surface area contributed by atoms with Gasteiger partial charge in [0.25, 0.3) is 0 Å². The van der Waals surface area contributed by atoms with Crippen molar-refractivity contribution in [2.24, 2.45) is 17.3 Å². The molecular weight excluding hydrogens is 284 g/mol. The first-order valence-corrected chi connectivity index (χ1v) is 9.82. The lowest BCUT2D eigenvalue weighted by molar-refractivity contribution is 0.0443. The highest BCUT2D eigenvalue weighted by molar-refractivity contribution is 7.91. The fourth-order valence-electron chi connectivity index (χ4n) is 3.95. The van der Waals surface area contributed by atoms with E-state index in [0.29, 0.717) is 12.5 Å². The van der Waals surface area contributed by atoms with Crippen molar-refractivity contribution in [3.05, 3.63) is 0 Å². The number of nitrogens with zero attached hydrogens (tertiary/aromatic N) is 2. The Morgan fingerprint density at radius 1 is 1.24 bits per heavy atom. The van der Waals surface area contributed by atoms with Crippen LogP contribution in [0.5, 0.6) is 0 Å². The average Bonchev–Trinajstić information content (AvgIpc) is 2.36. The second-order valence-corrected chi connectivity index (χ2v) is 10.1. The molecule has 21 heavy (non-hydrogen) atoms. The molecule has 2 rings (SSSR count). The van der Waals surface area contributed by atoms with Crippen molar-refractivity contribution in [3.63, 3.8) is 0 Å². The number of rotatable bonds is 1. The van der Waals surface area contributed by atoms with Gasteiger partial charge in [-0.2, -0.15) is 5.26 Å². The number of hydrogen-bond acceptors (Lipinski definition) is 4. The fourth-order valence-corrected chi connectivity index (χ4v) is 5.54. The molecule has 1 heterocycles. The van der Waals surface area contributed by atoms with E-state index in [-0.39, 0.29) is 34.9 Å². The molecule has 0 N–H and O–H groups in total. The van der Waals surface area contributed by atoms with Crippen molar-refractivity contribution in [2.45, 2.75) is 59.0 Å². The predicted molar refractivity (Wildman–Crippen MR) is 84.5 cm³/mol. The summed E-state index contributed by atoms with van der Waals surface area (Å²) in [5.74, 6) is 1.14. The van der Waals surface area contributed by atoms with Crippen LogP contribution in [0.25, 0.3) is 0 Å². The van der Waals surface area contributed by atoms with Crippen LogP contribution in [-0.4, -0.2) is 43.5 Å². The van der Waals surface area contributed by atoms with Crippen LogP contribution in [0.2, 0.25) is 0 Å². The first-order chi connectivity index (χ1) is 9.64. The Bertz CT molecular complexity index is 515. The summed E-state index contributed by atoms with van der Waals surface area (Å²) >= 11 is 0. The summed E-state index contributed by atoms with van der Waals surface area (Å²) in [5.41, 5.74) is 0.254. The summed E-state index contributed by atoms with van der Waals surface area (Å²) in [6, 6.07) is 2.73. The normalized spacial score (nSPS) is 37.9. The lowest BCUT2D eigenvalue weighted by Gasteiger charge is -2.47. The van der Waals surface area contributed by atoms with Crippen LogP contribution >= 0.6 is 0 Å². The molecular formula is C16H28N2O2S. The lowest BCUT2D eigenvalue weighted by Crippen LogP contribution is -2.55. The fraction of sp³-hybridized carbons (Fsp3) is 0.938. The first kappa shape index (κ1) is 16.8. The topological polar surface area (TPSA) is 61.2 Å². The minimum absolute atomic E-state index is 0.0309. The van der Waals surface area contributed by atoms with Gasteiger partial charge in [0.1, 0.15) is 0 Å². The van der Waals surface area contributed by atoms with Crippen molar-refractivity contribution in [2.75, 3.05) is 18.1 Å². The summed E-state index contributed by atoms with van der Waals surface area (Å²) < 4.78 is 23.5. The quantitative estimate of drug-likeness (QED) is 0.746. The average molecular weight is 312 g/mol. The summed E-state index contributed by atoms with van der Waals surface area (Å²) in [6.45, 7) is 9.39. The van der Waals surface area contributed by atoms with Crippen LogP contribution in [-0.2, 0) is 9.84 Å². The molecule has 0 aromatic rings. The van der Waals surface area contributed by atoms with Gasteiger partial charge in [-0.05, 0) is 37.5 Å². The molecule has 0 aromatic heterocycles. The van der Waals surface area contributed by atoms with Gasteiger partial charge in [-0.25, -0.2) is 8.42 Å². The zero-order chi connectivity index (χ0) is 15.8. The molecule has 1 saturated carbocycles. The minimum Gasteiger partial charge on any atom is -0.294 e. The van der Waals surface area contributed by atoms with Crippen LogP contribution in [0.3, 0.4) is 0 Å². The van der Waals surface area contributed by atoms with Crippen LogP contribution in [0.1, 0.15) is 47.0 Å². The van der Waals surface area contributed by atoms with Gasteiger partial charge in [-0.3, -0.25) is 4.90 Å². The predicted octanol–water partition coefficient (Wildman–Crippen LogP) is 2.46. The molecule has 2 aliphatic rings. The largest absolute Gasteiger partial charge is 0.294 e. The van der Waals surface area contributed by atoms with Gasteiger partial charge < -0.3 is 0 Å². The van der Waals surface area contributed by atoms with Gasteiger partial charge >= 0.3 is 0 Å². The highest BCUT2D eigenvalue weighted by Gasteiger charge is 2.42. The zero-order valence-electron chi connectivity index (χ0n) is 13.7. The Balaban J connectivity index is 2.16. The van der Waals surface area contributed by atoms with Crippen molar-refractivity contribution >= 4 is 9.84 Å². The van der Waals surface area contributed by atoms with Gasteiger partial charge in [0.15, 0.2) is 9.84 Å². The van der Waals surface area contributed by atoms with E-state index in [0.717, 1.165) is 19.3 Å². The number of sulfone groups is 1.